The molecule has 106 valence electrons. The molecule has 2 heteroatoms. The first-order valence-corrected chi connectivity index (χ1v) is 7.59. The number of aryl methyl sites for hydroxylation is 1. The van der Waals surface area contributed by atoms with E-state index in [1.807, 2.05) is 0 Å². The van der Waals surface area contributed by atoms with Gasteiger partial charge < -0.3 is 10.1 Å². The first-order valence-electron chi connectivity index (χ1n) is 7.59. The lowest BCUT2D eigenvalue weighted by atomic mass is 9.92. The second kappa shape index (κ2) is 7.66. The van der Waals surface area contributed by atoms with Gasteiger partial charge in [-0.15, -0.1) is 0 Å². The Balaban J connectivity index is 1.84. The number of hydrogen-bond donors (Lipinski definition) is 1. The minimum Gasteiger partial charge on any atom is -0.378 e. The molecule has 0 amide bonds. The Labute approximate surface area is 117 Å². The number of rotatable bonds is 7. The van der Waals surface area contributed by atoms with Gasteiger partial charge in [0.15, 0.2) is 0 Å². The van der Waals surface area contributed by atoms with Crippen LogP contribution in [0.15, 0.2) is 24.3 Å². The van der Waals surface area contributed by atoms with Crippen LogP contribution in [0.3, 0.4) is 0 Å². The number of nitrogens with one attached hydrogen (secondary N) is 1. The first-order chi connectivity index (χ1) is 9.28. The van der Waals surface area contributed by atoms with Gasteiger partial charge in [0, 0.05) is 6.61 Å². The predicted octanol–water partition coefficient (Wildman–Crippen LogP) is 3.33. The molecule has 0 radical (unpaired) electrons. The predicted molar refractivity (Wildman–Crippen MR) is 80.5 cm³/mol. The highest BCUT2D eigenvalue weighted by molar-refractivity contribution is 5.22. The Kier molecular flexibility index (Phi) is 5.87. The van der Waals surface area contributed by atoms with E-state index < -0.39 is 0 Å². The van der Waals surface area contributed by atoms with E-state index in [-0.39, 0.29) is 0 Å². The summed E-state index contributed by atoms with van der Waals surface area (Å²) in [7, 11) is 2.05. The van der Waals surface area contributed by atoms with Gasteiger partial charge in [-0.3, -0.25) is 0 Å². The number of hydrogen-bond acceptors (Lipinski definition) is 2. The summed E-state index contributed by atoms with van der Waals surface area (Å²) >= 11 is 0. The molecule has 2 unspecified atom stereocenters. The third-order valence-electron chi connectivity index (χ3n) is 4.02. The maximum Gasteiger partial charge on any atom is 0.0576 e. The van der Waals surface area contributed by atoms with Crippen molar-refractivity contribution in [2.75, 3.05) is 20.2 Å². The van der Waals surface area contributed by atoms with Crippen molar-refractivity contribution in [1.82, 2.24) is 5.32 Å². The van der Waals surface area contributed by atoms with Gasteiger partial charge in [-0.25, -0.2) is 0 Å². The standard InChI is InChI=1S/C17H27NO/c1-14-5-3-6-15(11-14)12-16(13-18-2)8-9-17-7-4-10-19-17/h3,5-6,11,16-18H,4,7-10,12-13H2,1-2H3. The third kappa shape index (κ3) is 4.96. The van der Waals surface area contributed by atoms with Gasteiger partial charge in [-0.2, -0.15) is 0 Å². The van der Waals surface area contributed by atoms with Crippen LogP contribution in [0.1, 0.15) is 36.8 Å². The molecule has 2 atom stereocenters. The Hall–Kier alpha value is -0.860. The van der Waals surface area contributed by atoms with Crippen molar-refractivity contribution in [3.8, 4) is 0 Å². The fourth-order valence-electron chi connectivity index (χ4n) is 3.03. The average Bonchev–Trinajstić information content (AvgIpc) is 2.89. The fraction of sp³-hybridized carbons (Fsp3) is 0.647. The van der Waals surface area contributed by atoms with Gasteiger partial charge in [0.25, 0.3) is 0 Å². The maximum atomic E-state index is 5.73. The van der Waals surface area contributed by atoms with Crippen LogP contribution in [-0.4, -0.2) is 26.3 Å². The Morgan fingerprint density at radius 1 is 1.42 bits per heavy atom. The van der Waals surface area contributed by atoms with E-state index in [1.54, 1.807) is 0 Å². The van der Waals surface area contributed by atoms with Crippen LogP contribution >= 0.6 is 0 Å². The van der Waals surface area contributed by atoms with Crippen molar-refractivity contribution in [2.24, 2.45) is 5.92 Å². The molecule has 0 saturated carbocycles. The zero-order valence-corrected chi connectivity index (χ0v) is 12.3. The Bertz CT molecular complexity index is 371. The van der Waals surface area contributed by atoms with Gasteiger partial charge in [0.05, 0.1) is 6.10 Å². The first kappa shape index (κ1) is 14.5. The van der Waals surface area contributed by atoms with E-state index in [4.69, 9.17) is 4.74 Å². The lowest BCUT2D eigenvalue weighted by molar-refractivity contribution is 0.0980. The quantitative estimate of drug-likeness (QED) is 0.813. The molecule has 1 aliphatic heterocycles. The molecule has 19 heavy (non-hydrogen) atoms. The molecule has 1 heterocycles. The molecule has 0 bridgehead atoms. The van der Waals surface area contributed by atoms with Gasteiger partial charge in [-0.05, 0) is 64.1 Å². The molecule has 1 N–H and O–H groups in total. The van der Waals surface area contributed by atoms with Crippen molar-refractivity contribution in [2.45, 2.75) is 45.1 Å². The van der Waals surface area contributed by atoms with E-state index in [0.29, 0.717) is 6.10 Å². The van der Waals surface area contributed by atoms with Crippen molar-refractivity contribution in [3.05, 3.63) is 35.4 Å². The van der Waals surface area contributed by atoms with Crippen LogP contribution in [0.25, 0.3) is 0 Å². The monoisotopic (exact) mass is 261 g/mol. The summed E-state index contributed by atoms with van der Waals surface area (Å²) in [6, 6.07) is 8.90. The lowest BCUT2D eigenvalue weighted by Crippen LogP contribution is -2.22. The highest BCUT2D eigenvalue weighted by Crippen LogP contribution is 2.21. The zero-order valence-electron chi connectivity index (χ0n) is 12.3. The Morgan fingerprint density at radius 3 is 3.00 bits per heavy atom. The lowest BCUT2D eigenvalue weighted by Gasteiger charge is -2.19. The summed E-state index contributed by atoms with van der Waals surface area (Å²) in [6.07, 6.45) is 6.69. The SMILES string of the molecule is CNCC(CCC1CCCO1)Cc1cccc(C)c1. The molecule has 0 aromatic heterocycles. The maximum absolute atomic E-state index is 5.73. The molecule has 0 spiro atoms. The molecular weight excluding hydrogens is 234 g/mol. The van der Waals surface area contributed by atoms with Gasteiger partial charge >= 0.3 is 0 Å². The van der Waals surface area contributed by atoms with Crippen molar-refractivity contribution in [3.63, 3.8) is 0 Å². The van der Waals surface area contributed by atoms with E-state index in [1.165, 1.54) is 43.2 Å². The molecule has 0 aliphatic carbocycles. The van der Waals surface area contributed by atoms with Gasteiger partial charge in [0.2, 0.25) is 0 Å². The second-order valence-corrected chi connectivity index (χ2v) is 5.83. The second-order valence-electron chi connectivity index (χ2n) is 5.83. The highest BCUT2D eigenvalue weighted by Gasteiger charge is 2.18. The summed E-state index contributed by atoms with van der Waals surface area (Å²) in [5.74, 6) is 0.719. The number of benzene rings is 1. The van der Waals surface area contributed by atoms with E-state index in [0.717, 1.165) is 19.1 Å². The summed E-state index contributed by atoms with van der Waals surface area (Å²) in [5, 5.41) is 3.34. The number of ether oxygens (including phenoxy) is 1. The minimum atomic E-state index is 0.525. The van der Waals surface area contributed by atoms with Crippen molar-refractivity contribution in [1.29, 1.82) is 0 Å². The van der Waals surface area contributed by atoms with Crippen LogP contribution in [-0.2, 0) is 11.2 Å². The van der Waals surface area contributed by atoms with Crippen LogP contribution in [0.4, 0.5) is 0 Å². The van der Waals surface area contributed by atoms with E-state index in [9.17, 15) is 0 Å². The van der Waals surface area contributed by atoms with Crippen LogP contribution in [0.5, 0.6) is 0 Å². The van der Waals surface area contributed by atoms with E-state index in [2.05, 4.69) is 43.6 Å². The van der Waals surface area contributed by atoms with Crippen LogP contribution < -0.4 is 5.32 Å². The molecule has 1 aliphatic rings. The van der Waals surface area contributed by atoms with Gasteiger partial charge in [-0.1, -0.05) is 29.8 Å². The average molecular weight is 261 g/mol. The molecule has 1 aromatic carbocycles. The molecule has 1 saturated heterocycles. The smallest absolute Gasteiger partial charge is 0.0576 e. The molecule has 2 nitrogen and oxygen atoms in total. The highest BCUT2D eigenvalue weighted by atomic mass is 16.5. The van der Waals surface area contributed by atoms with Crippen LogP contribution in [0, 0.1) is 12.8 Å². The minimum absolute atomic E-state index is 0.525. The zero-order chi connectivity index (χ0) is 13.5. The van der Waals surface area contributed by atoms with Crippen molar-refractivity contribution >= 4 is 0 Å². The summed E-state index contributed by atoms with van der Waals surface area (Å²) < 4.78 is 5.73. The largest absolute Gasteiger partial charge is 0.378 e. The molecule has 1 aromatic rings. The summed E-state index contributed by atoms with van der Waals surface area (Å²) in [6.45, 7) is 4.24. The topological polar surface area (TPSA) is 21.3 Å². The van der Waals surface area contributed by atoms with Crippen molar-refractivity contribution < 1.29 is 4.74 Å². The molecule has 2 rings (SSSR count). The Morgan fingerprint density at radius 2 is 2.32 bits per heavy atom. The van der Waals surface area contributed by atoms with Gasteiger partial charge in [0.1, 0.15) is 0 Å². The molecular formula is C17H27NO. The summed E-state index contributed by atoms with van der Waals surface area (Å²) in [4.78, 5) is 0. The van der Waals surface area contributed by atoms with Crippen LogP contribution in [0.2, 0.25) is 0 Å². The third-order valence-corrected chi connectivity index (χ3v) is 4.02. The normalized spacial score (nSPS) is 20.6. The van der Waals surface area contributed by atoms with E-state index >= 15 is 0 Å². The summed E-state index contributed by atoms with van der Waals surface area (Å²) in [5.41, 5.74) is 2.83. The fourth-order valence-corrected chi connectivity index (χ4v) is 3.03. The molecule has 1 fully saturated rings.